The lowest BCUT2D eigenvalue weighted by atomic mass is 10.1. The Kier molecular flexibility index (Phi) is 2.51. The first kappa shape index (κ1) is 9.86. The third-order valence-corrected chi connectivity index (χ3v) is 3.10. The summed E-state index contributed by atoms with van der Waals surface area (Å²) >= 11 is 1.60. The molecule has 2 rings (SSSR count). The highest BCUT2D eigenvalue weighted by Gasteiger charge is 2.15. The van der Waals surface area contributed by atoms with Gasteiger partial charge in [-0.25, -0.2) is 0 Å². The van der Waals surface area contributed by atoms with E-state index < -0.39 is 0 Å². The van der Waals surface area contributed by atoms with Crippen molar-refractivity contribution in [3.05, 3.63) is 50.7 Å². The van der Waals surface area contributed by atoms with Gasteiger partial charge in [0.15, 0.2) is 0 Å². The van der Waals surface area contributed by atoms with Gasteiger partial charge in [-0.3, -0.25) is 10.1 Å². The molecule has 0 bridgehead atoms. The van der Waals surface area contributed by atoms with Crippen LogP contribution in [0, 0.1) is 17.0 Å². The van der Waals surface area contributed by atoms with Crippen LogP contribution in [0.5, 0.6) is 0 Å². The first-order valence-corrected chi connectivity index (χ1v) is 5.36. The molecule has 0 amide bonds. The minimum atomic E-state index is -0.341. The Morgan fingerprint density at radius 1 is 1.20 bits per heavy atom. The van der Waals surface area contributed by atoms with Crippen molar-refractivity contribution in [3.63, 3.8) is 0 Å². The fraction of sp³-hybridized carbons (Fsp3) is 0.0909. The highest BCUT2D eigenvalue weighted by Crippen LogP contribution is 2.33. The van der Waals surface area contributed by atoms with Gasteiger partial charge < -0.3 is 0 Å². The summed E-state index contributed by atoms with van der Waals surface area (Å²) in [6.45, 7) is 1.97. The normalized spacial score (nSPS) is 10.2. The third-order valence-electron chi connectivity index (χ3n) is 2.25. The van der Waals surface area contributed by atoms with Gasteiger partial charge in [-0.2, -0.15) is 0 Å². The van der Waals surface area contributed by atoms with Crippen LogP contribution >= 0.6 is 11.3 Å². The second-order valence-electron chi connectivity index (χ2n) is 3.16. The lowest BCUT2D eigenvalue weighted by Gasteiger charge is -2.01. The molecule has 0 radical (unpaired) electrons. The van der Waals surface area contributed by atoms with Crippen LogP contribution in [0.3, 0.4) is 0 Å². The summed E-state index contributed by atoms with van der Waals surface area (Å²) in [5.74, 6) is 0. The predicted molar refractivity (Wildman–Crippen MR) is 61.1 cm³/mol. The van der Waals surface area contributed by atoms with E-state index in [2.05, 4.69) is 0 Å². The van der Waals surface area contributed by atoms with E-state index >= 15 is 0 Å². The Balaban J connectivity index is 2.63. The molecule has 0 aliphatic heterocycles. The number of hydrogen-bond donors (Lipinski definition) is 0. The largest absolute Gasteiger partial charge is 0.277 e. The summed E-state index contributed by atoms with van der Waals surface area (Å²) in [5, 5.41) is 12.8. The third kappa shape index (κ3) is 1.76. The van der Waals surface area contributed by atoms with Crippen LogP contribution in [0.1, 0.15) is 4.88 Å². The summed E-state index contributed by atoms with van der Waals surface area (Å²) in [6.07, 6.45) is 0. The maximum atomic E-state index is 10.8. The molecule has 0 saturated heterocycles. The average molecular weight is 219 g/mol. The van der Waals surface area contributed by atoms with Crippen LogP contribution < -0.4 is 0 Å². The van der Waals surface area contributed by atoms with Gasteiger partial charge in [-0.05, 0) is 24.4 Å². The number of hydrogen-bond acceptors (Lipinski definition) is 3. The molecule has 0 unspecified atom stereocenters. The zero-order valence-electron chi connectivity index (χ0n) is 8.14. The van der Waals surface area contributed by atoms with Crippen molar-refractivity contribution in [3.8, 4) is 11.1 Å². The monoisotopic (exact) mass is 219 g/mol. The molecule has 1 heterocycles. The smallest absolute Gasteiger partial charge is 0.258 e. The van der Waals surface area contributed by atoms with Crippen molar-refractivity contribution in [1.29, 1.82) is 0 Å². The molecule has 1 aromatic heterocycles. The molecule has 0 saturated carbocycles. The number of aryl methyl sites for hydroxylation is 1. The molecule has 4 heteroatoms. The zero-order valence-corrected chi connectivity index (χ0v) is 8.95. The molecule has 15 heavy (non-hydrogen) atoms. The van der Waals surface area contributed by atoms with Crippen LogP contribution in [0.25, 0.3) is 11.1 Å². The average Bonchev–Trinajstić information content (AvgIpc) is 2.64. The van der Waals surface area contributed by atoms with Gasteiger partial charge in [-0.15, -0.1) is 11.3 Å². The van der Waals surface area contributed by atoms with Crippen molar-refractivity contribution >= 4 is 17.0 Å². The van der Waals surface area contributed by atoms with Crippen LogP contribution in [-0.2, 0) is 0 Å². The molecule has 0 fully saturated rings. The maximum absolute atomic E-state index is 10.8. The van der Waals surface area contributed by atoms with Crippen molar-refractivity contribution in [2.75, 3.05) is 0 Å². The fourth-order valence-electron chi connectivity index (χ4n) is 1.52. The molecule has 0 spiro atoms. The molecular formula is C11H9NO2S. The predicted octanol–water partition coefficient (Wildman–Crippen LogP) is 3.63. The Labute approximate surface area is 91.1 Å². The molecule has 0 N–H and O–H groups in total. The van der Waals surface area contributed by atoms with Crippen molar-refractivity contribution in [1.82, 2.24) is 0 Å². The molecule has 1 aromatic carbocycles. The highest BCUT2D eigenvalue weighted by atomic mass is 32.1. The fourth-order valence-corrected chi connectivity index (χ4v) is 2.24. The number of rotatable bonds is 2. The maximum Gasteiger partial charge on any atom is 0.277 e. The number of nitro groups is 1. The Hall–Kier alpha value is -1.68. The van der Waals surface area contributed by atoms with E-state index in [1.165, 1.54) is 6.07 Å². The van der Waals surface area contributed by atoms with Crippen molar-refractivity contribution in [2.45, 2.75) is 6.92 Å². The molecule has 0 atom stereocenters. The van der Waals surface area contributed by atoms with E-state index in [-0.39, 0.29) is 10.6 Å². The van der Waals surface area contributed by atoms with Crippen LogP contribution in [0.15, 0.2) is 35.7 Å². The number of benzene rings is 1. The lowest BCUT2D eigenvalue weighted by molar-refractivity contribution is -0.384. The molecule has 3 nitrogen and oxygen atoms in total. The second-order valence-corrected chi connectivity index (χ2v) is 4.28. The van der Waals surface area contributed by atoms with Gasteiger partial charge in [0.2, 0.25) is 0 Å². The zero-order chi connectivity index (χ0) is 10.8. The number of nitro benzene ring substituents is 1. The van der Waals surface area contributed by atoms with Crippen LogP contribution in [0.4, 0.5) is 5.69 Å². The minimum absolute atomic E-state index is 0.166. The topological polar surface area (TPSA) is 43.1 Å². The number of thiophene rings is 1. The lowest BCUT2D eigenvalue weighted by Crippen LogP contribution is -1.91. The van der Waals surface area contributed by atoms with Gasteiger partial charge in [0.1, 0.15) is 0 Å². The number of nitrogens with zero attached hydrogens (tertiary/aromatic N) is 1. The molecule has 2 aromatic rings. The van der Waals surface area contributed by atoms with Gasteiger partial charge in [0.25, 0.3) is 5.69 Å². The van der Waals surface area contributed by atoms with E-state index in [4.69, 9.17) is 0 Å². The summed E-state index contributed by atoms with van der Waals surface area (Å²) in [6, 6.07) is 8.74. The molecule has 0 aliphatic rings. The molecule has 0 aliphatic carbocycles. The summed E-state index contributed by atoms with van der Waals surface area (Å²) < 4.78 is 0. The van der Waals surface area contributed by atoms with Crippen molar-refractivity contribution in [2.24, 2.45) is 0 Å². The van der Waals surface area contributed by atoms with E-state index in [9.17, 15) is 10.1 Å². The summed E-state index contributed by atoms with van der Waals surface area (Å²) in [4.78, 5) is 11.6. The quantitative estimate of drug-likeness (QED) is 0.571. The Morgan fingerprint density at radius 2 is 1.93 bits per heavy atom. The first-order valence-electron chi connectivity index (χ1n) is 4.48. The van der Waals surface area contributed by atoms with E-state index in [1.807, 2.05) is 24.4 Å². The summed E-state index contributed by atoms with van der Waals surface area (Å²) in [5.41, 5.74) is 1.81. The SMILES string of the molecule is Cc1sccc1-c1ccccc1[N+](=O)[O-]. The van der Waals surface area contributed by atoms with Gasteiger partial charge in [0, 0.05) is 16.5 Å². The van der Waals surface area contributed by atoms with Gasteiger partial charge >= 0.3 is 0 Å². The highest BCUT2D eigenvalue weighted by molar-refractivity contribution is 7.10. The van der Waals surface area contributed by atoms with E-state index in [0.717, 1.165) is 10.4 Å². The van der Waals surface area contributed by atoms with Crippen LogP contribution in [0.2, 0.25) is 0 Å². The Bertz CT molecular complexity index is 505. The standard InChI is InChI=1S/C11H9NO2S/c1-8-9(6-7-15-8)10-4-2-3-5-11(10)12(13)14/h2-7H,1H3. The van der Waals surface area contributed by atoms with E-state index in [1.54, 1.807) is 23.5 Å². The van der Waals surface area contributed by atoms with Crippen LogP contribution in [-0.4, -0.2) is 4.92 Å². The van der Waals surface area contributed by atoms with Gasteiger partial charge in [0.05, 0.1) is 10.5 Å². The Morgan fingerprint density at radius 3 is 2.53 bits per heavy atom. The van der Waals surface area contributed by atoms with Gasteiger partial charge in [-0.1, -0.05) is 12.1 Å². The number of para-hydroxylation sites is 1. The molecule has 76 valence electrons. The van der Waals surface area contributed by atoms with E-state index in [0.29, 0.717) is 5.56 Å². The van der Waals surface area contributed by atoms with Crippen molar-refractivity contribution < 1.29 is 4.92 Å². The first-order chi connectivity index (χ1) is 7.20. The minimum Gasteiger partial charge on any atom is -0.258 e. The molecular weight excluding hydrogens is 210 g/mol. The second kappa shape index (κ2) is 3.82. The summed E-state index contributed by atoms with van der Waals surface area (Å²) in [7, 11) is 0.